The molecule has 2 N–H and O–H groups in total. The molecular formula is C23H28N3O3+. The minimum Gasteiger partial charge on any atom is -0.497 e. The monoisotopic (exact) mass is 394 g/mol. The molecule has 29 heavy (non-hydrogen) atoms. The lowest BCUT2D eigenvalue weighted by atomic mass is 10.0. The van der Waals surface area contributed by atoms with Crippen molar-refractivity contribution in [3.8, 4) is 22.8 Å². The molecule has 2 aromatic carbocycles. The number of fused-ring (bicyclic) bond motifs is 1. The van der Waals surface area contributed by atoms with Crippen LogP contribution in [0.25, 0.3) is 22.2 Å². The highest BCUT2D eigenvalue weighted by Gasteiger charge is 2.16. The van der Waals surface area contributed by atoms with Gasteiger partial charge in [0.2, 0.25) is 0 Å². The van der Waals surface area contributed by atoms with Gasteiger partial charge in [0.1, 0.15) is 11.5 Å². The normalized spacial score (nSPS) is 10.9. The van der Waals surface area contributed by atoms with Crippen LogP contribution in [0.3, 0.4) is 0 Å². The molecule has 3 rings (SSSR count). The van der Waals surface area contributed by atoms with Crippen LogP contribution in [0.2, 0.25) is 0 Å². The number of para-hydroxylation sites is 1. The van der Waals surface area contributed by atoms with E-state index in [0.29, 0.717) is 29.3 Å². The van der Waals surface area contributed by atoms with Gasteiger partial charge in [-0.25, -0.2) is 4.98 Å². The van der Waals surface area contributed by atoms with E-state index in [1.807, 2.05) is 48.5 Å². The topological polar surface area (TPSA) is 64.9 Å². The summed E-state index contributed by atoms with van der Waals surface area (Å²) in [4.78, 5) is 19.1. The third-order valence-corrected chi connectivity index (χ3v) is 4.78. The Morgan fingerprint density at radius 1 is 1.07 bits per heavy atom. The van der Waals surface area contributed by atoms with Crippen LogP contribution in [-0.2, 0) is 0 Å². The highest BCUT2D eigenvalue weighted by atomic mass is 16.5. The molecule has 6 nitrogen and oxygen atoms in total. The zero-order valence-electron chi connectivity index (χ0n) is 17.4. The highest BCUT2D eigenvalue weighted by molar-refractivity contribution is 6.07. The smallest absolute Gasteiger partial charge is 0.252 e. The Labute approximate surface area is 171 Å². The maximum atomic E-state index is 12.9. The first kappa shape index (κ1) is 20.6. The summed E-state index contributed by atoms with van der Waals surface area (Å²) >= 11 is 0. The van der Waals surface area contributed by atoms with Crippen LogP contribution in [0.15, 0.2) is 48.5 Å². The van der Waals surface area contributed by atoms with Gasteiger partial charge < -0.3 is 19.7 Å². The van der Waals surface area contributed by atoms with Crippen LogP contribution in [0.1, 0.15) is 16.8 Å². The third-order valence-electron chi connectivity index (χ3n) is 4.78. The van der Waals surface area contributed by atoms with Gasteiger partial charge in [-0.05, 0) is 24.3 Å². The molecule has 0 bridgehead atoms. The number of carbonyl (C=O) groups is 1. The van der Waals surface area contributed by atoms with E-state index in [1.165, 1.54) is 4.90 Å². The van der Waals surface area contributed by atoms with E-state index >= 15 is 0 Å². The van der Waals surface area contributed by atoms with E-state index in [1.54, 1.807) is 14.2 Å². The number of hydrogen-bond acceptors (Lipinski definition) is 4. The first-order valence-corrected chi connectivity index (χ1v) is 9.73. The largest absolute Gasteiger partial charge is 0.497 e. The lowest BCUT2D eigenvalue weighted by Crippen LogP contribution is -3.05. The molecule has 0 aliphatic rings. The summed E-state index contributed by atoms with van der Waals surface area (Å²) in [6, 6.07) is 15.1. The second-order valence-corrected chi connectivity index (χ2v) is 7.20. The molecule has 3 aromatic rings. The van der Waals surface area contributed by atoms with Crippen molar-refractivity contribution < 1.29 is 19.2 Å². The Morgan fingerprint density at radius 2 is 1.86 bits per heavy atom. The molecule has 6 heteroatoms. The van der Waals surface area contributed by atoms with E-state index in [-0.39, 0.29) is 5.91 Å². The van der Waals surface area contributed by atoms with Gasteiger partial charge in [0.15, 0.2) is 0 Å². The lowest BCUT2D eigenvalue weighted by molar-refractivity contribution is -0.858. The van der Waals surface area contributed by atoms with Crippen molar-refractivity contribution in [1.82, 2.24) is 10.3 Å². The molecule has 0 fully saturated rings. The molecule has 1 amide bonds. The summed E-state index contributed by atoms with van der Waals surface area (Å²) in [5.41, 5.74) is 2.88. The van der Waals surface area contributed by atoms with Crippen LogP contribution in [0.4, 0.5) is 0 Å². The van der Waals surface area contributed by atoms with Crippen LogP contribution < -0.4 is 19.7 Å². The van der Waals surface area contributed by atoms with Gasteiger partial charge in [-0.1, -0.05) is 18.2 Å². The third kappa shape index (κ3) is 4.84. The number of quaternary nitrogens is 1. The Bertz CT molecular complexity index is 1000. The number of ether oxygens (including phenoxy) is 2. The average molecular weight is 394 g/mol. The Kier molecular flexibility index (Phi) is 6.67. The Morgan fingerprint density at radius 3 is 2.59 bits per heavy atom. The maximum absolute atomic E-state index is 12.9. The van der Waals surface area contributed by atoms with Gasteiger partial charge in [-0.3, -0.25) is 4.79 Å². The molecule has 0 unspecified atom stereocenters. The summed E-state index contributed by atoms with van der Waals surface area (Å²) < 4.78 is 10.8. The fraction of sp³-hybridized carbons (Fsp3) is 0.304. The van der Waals surface area contributed by atoms with E-state index in [2.05, 4.69) is 19.4 Å². The quantitative estimate of drug-likeness (QED) is 0.575. The van der Waals surface area contributed by atoms with Gasteiger partial charge in [0.25, 0.3) is 5.91 Å². The van der Waals surface area contributed by atoms with Crippen molar-refractivity contribution in [3.63, 3.8) is 0 Å². The lowest BCUT2D eigenvalue weighted by Gasteiger charge is -2.13. The number of hydrogen-bond donors (Lipinski definition) is 2. The molecule has 152 valence electrons. The van der Waals surface area contributed by atoms with Crippen molar-refractivity contribution in [1.29, 1.82) is 0 Å². The van der Waals surface area contributed by atoms with Crippen molar-refractivity contribution in [2.75, 3.05) is 41.4 Å². The number of carbonyl (C=O) groups excluding carboxylic acids is 1. The molecule has 0 radical (unpaired) electrons. The molecule has 0 saturated heterocycles. The number of nitrogens with one attached hydrogen (secondary N) is 2. The fourth-order valence-corrected chi connectivity index (χ4v) is 3.25. The molecule has 0 aliphatic heterocycles. The first-order chi connectivity index (χ1) is 14.0. The molecule has 0 spiro atoms. The summed E-state index contributed by atoms with van der Waals surface area (Å²) in [5.74, 6) is 1.26. The van der Waals surface area contributed by atoms with E-state index in [4.69, 9.17) is 14.5 Å². The number of aromatic nitrogens is 1. The van der Waals surface area contributed by atoms with Crippen LogP contribution >= 0.6 is 0 Å². The molecule has 1 heterocycles. The SMILES string of the molecule is COc1ccc(-c2cc(C(=O)NCCC[NH+](C)C)c3ccccc3n2)c(OC)c1. The second-order valence-electron chi connectivity index (χ2n) is 7.20. The van der Waals surface area contributed by atoms with Crippen molar-refractivity contribution in [3.05, 3.63) is 54.1 Å². The van der Waals surface area contributed by atoms with Gasteiger partial charge >= 0.3 is 0 Å². The second kappa shape index (κ2) is 9.39. The Balaban J connectivity index is 1.99. The zero-order valence-corrected chi connectivity index (χ0v) is 17.4. The number of rotatable bonds is 8. The number of methoxy groups -OCH3 is 2. The van der Waals surface area contributed by atoms with Gasteiger partial charge in [0, 0.05) is 30.0 Å². The summed E-state index contributed by atoms with van der Waals surface area (Å²) in [7, 11) is 7.43. The van der Waals surface area contributed by atoms with Gasteiger partial charge in [-0.2, -0.15) is 0 Å². The molecule has 0 aliphatic carbocycles. The van der Waals surface area contributed by atoms with Crippen LogP contribution in [0, 0.1) is 0 Å². The number of benzene rings is 2. The summed E-state index contributed by atoms with van der Waals surface area (Å²) in [6.07, 6.45) is 0.927. The van der Waals surface area contributed by atoms with Crippen LogP contribution in [0.5, 0.6) is 11.5 Å². The average Bonchev–Trinajstić information content (AvgIpc) is 2.75. The Hall–Kier alpha value is -3.12. The molecule has 0 atom stereocenters. The minimum atomic E-state index is -0.0916. The van der Waals surface area contributed by atoms with E-state index in [9.17, 15) is 4.79 Å². The van der Waals surface area contributed by atoms with Crippen molar-refractivity contribution in [2.45, 2.75) is 6.42 Å². The highest BCUT2D eigenvalue weighted by Crippen LogP contribution is 2.34. The zero-order chi connectivity index (χ0) is 20.8. The van der Waals surface area contributed by atoms with Crippen molar-refractivity contribution >= 4 is 16.8 Å². The predicted octanol–water partition coefficient (Wildman–Crippen LogP) is 2.18. The van der Waals surface area contributed by atoms with E-state index in [0.717, 1.165) is 29.4 Å². The number of pyridine rings is 1. The maximum Gasteiger partial charge on any atom is 0.252 e. The van der Waals surface area contributed by atoms with Crippen molar-refractivity contribution in [2.24, 2.45) is 0 Å². The predicted molar refractivity (Wildman–Crippen MR) is 115 cm³/mol. The van der Waals surface area contributed by atoms with E-state index < -0.39 is 0 Å². The van der Waals surface area contributed by atoms with Gasteiger partial charge in [-0.15, -0.1) is 0 Å². The first-order valence-electron chi connectivity index (χ1n) is 9.73. The standard InChI is InChI=1S/C23H27N3O3/c1-26(2)13-7-12-24-23(27)19-15-21(25-20-9-6-5-8-17(19)20)18-11-10-16(28-3)14-22(18)29-4/h5-6,8-11,14-15H,7,12-13H2,1-4H3,(H,24,27)/p+1. The van der Waals surface area contributed by atoms with Gasteiger partial charge in [0.05, 0.1) is 51.6 Å². The summed E-state index contributed by atoms with van der Waals surface area (Å²) in [5, 5.41) is 3.87. The molecule has 0 saturated carbocycles. The fourth-order valence-electron chi connectivity index (χ4n) is 3.25. The number of nitrogens with zero attached hydrogens (tertiary/aromatic N) is 1. The summed E-state index contributed by atoms with van der Waals surface area (Å²) in [6.45, 7) is 1.65. The molecule has 1 aromatic heterocycles. The number of amides is 1. The van der Waals surface area contributed by atoms with Crippen LogP contribution in [-0.4, -0.2) is 52.3 Å². The minimum absolute atomic E-state index is 0.0916. The molecular weight excluding hydrogens is 366 g/mol.